The van der Waals surface area contributed by atoms with Crippen molar-refractivity contribution in [1.82, 2.24) is 10.3 Å². The van der Waals surface area contributed by atoms with Crippen LogP contribution in [-0.2, 0) is 11.3 Å². The lowest BCUT2D eigenvalue weighted by Gasteiger charge is -2.20. The summed E-state index contributed by atoms with van der Waals surface area (Å²) in [6.45, 7) is 0.807. The first-order valence-electron chi connectivity index (χ1n) is 6.12. The standard InChI is InChI=1S/C13H20FN3O3/c1-17(7-11(18)8-20-2)6-10-5-9(13(19)16-15)3-4-12(10)14/h3-5,11,18H,6-8,15H2,1-2H3,(H,16,19). The molecule has 0 aliphatic rings. The van der Waals surface area contributed by atoms with E-state index in [9.17, 15) is 14.3 Å². The molecule has 1 aromatic carbocycles. The average Bonchev–Trinajstić information content (AvgIpc) is 2.40. The lowest BCUT2D eigenvalue weighted by atomic mass is 10.1. The number of likely N-dealkylation sites (N-methyl/N-ethyl adjacent to an activating group) is 1. The first-order valence-corrected chi connectivity index (χ1v) is 6.12. The number of methoxy groups -OCH3 is 1. The highest BCUT2D eigenvalue weighted by Gasteiger charge is 2.13. The Morgan fingerprint density at radius 1 is 1.60 bits per heavy atom. The molecule has 0 aromatic heterocycles. The molecule has 112 valence electrons. The fourth-order valence-corrected chi connectivity index (χ4v) is 1.88. The Labute approximate surface area is 117 Å². The summed E-state index contributed by atoms with van der Waals surface area (Å²) < 4.78 is 18.5. The number of rotatable bonds is 7. The Hall–Kier alpha value is -1.54. The summed E-state index contributed by atoms with van der Waals surface area (Å²) in [6.07, 6.45) is -0.649. The van der Waals surface area contributed by atoms with Crippen LogP contribution in [0.1, 0.15) is 15.9 Å². The predicted molar refractivity (Wildman–Crippen MR) is 72.3 cm³/mol. The van der Waals surface area contributed by atoms with Crippen LogP contribution in [-0.4, -0.2) is 49.3 Å². The second-order valence-corrected chi connectivity index (χ2v) is 4.59. The highest BCUT2D eigenvalue weighted by molar-refractivity contribution is 5.93. The van der Waals surface area contributed by atoms with Gasteiger partial charge in [0, 0.05) is 31.3 Å². The SMILES string of the molecule is COCC(O)CN(C)Cc1cc(C(=O)NN)ccc1F. The minimum absolute atomic E-state index is 0.211. The van der Waals surface area contributed by atoms with Gasteiger partial charge in [0.25, 0.3) is 5.91 Å². The average molecular weight is 285 g/mol. The molecule has 6 nitrogen and oxygen atoms in total. The Morgan fingerprint density at radius 2 is 2.30 bits per heavy atom. The van der Waals surface area contributed by atoms with Gasteiger partial charge in [0.2, 0.25) is 0 Å². The van der Waals surface area contributed by atoms with Crippen molar-refractivity contribution in [1.29, 1.82) is 0 Å². The molecule has 0 radical (unpaired) electrons. The molecule has 0 saturated heterocycles. The van der Waals surface area contributed by atoms with Crippen LogP contribution in [0.4, 0.5) is 4.39 Å². The number of halogens is 1. The molecule has 1 unspecified atom stereocenters. The van der Waals surface area contributed by atoms with E-state index in [1.807, 2.05) is 5.43 Å². The number of nitrogen functional groups attached to an aromatic ring is 1. The van der Waals surface area contributed by atoms with Crippen molar-refractivity contribution < 1.29 is 19.0 Å². The van der Waals surface area contributed by atoms with Crippen molar-refractivity contribution >= 4 is 5.91 Å². The summed E-state index contributed by atoms with van der Waals surface area (Å²) in [4.78, 5) is 13.1. The zero-order valence-corrected chi connectivity index (χ0v) is 11.6. The van der Waals surface area contributed by atoms with E-state index in [0.29, 0.717) is 12.1 Å². The number of ether oxygens (including phenoxy) is 1. The number of carbonyl (C=O) groups excluding carboxylic acids is 1. The number of carbonyl (C=O) groups is 1. The van der Waals surface area contributed by atoms with E-state index in [1.165, 1.54) is 25.3 Å². The molecular formula is C13H20FN3O3. The topological polar surface area (TPSA) is 87.8 Å². The Balaban J connectivity index is 2.73. The zero-order chi connectivity index (χ0) is 15.1. The van der Waals surface area contributed by atoms with Crippen LogP contribution in [0.3, 0.4) is 0 Å². The van der Waals surface area contributed by atoms with Crippen LogP contribution < -0.4 is 11.3 Å². The minimum Gasteiger partial charge on any atom is -0.389 e. The number of hydrogen-bond acceptors (Lipinski definition) is 5. The maximum Gasteiger partial charge on any atom is 0.265 e. The number of nitrogens with one attached hydrogen (secondary N) is 1. The molecule has 1 aromatic rings. The van der Waals surface area contributed by atoms with E-state index in [-0.39, 0.29) is 18.7 Å². The highest BCUT2D eigenvalue weighted by Crippen LogP contribution is 2.13. The quantitative estimate of drug-likeness (QED) is 0.369. The van der Waals surface area contributed by atoms with Gasteiger partial charge in [0.15, 0.2) is 0 Å². The normalized spacial score (nSPS) is 12.5. The first-order chi connectivity index (χ1) is 9.47. The van der Waals surface area contributed by atoms with Gasteiger partial charge in [0.1, 0.15) is 5.82 Å². The number of aliphatic hydroxyl groups is 1. The summed E-state index contributed by atoms with van der Waals surface area (Å²) in [5, 5.41) is 9.61. The first kappa shape index (κ1) is 16.5. The van der Waals surface area contributed by atoms with Gasteiger partial charge in [-0.15, -0.1) is 0 Å². The molecule has 1 atom stereocenters. The van der Waals surface area contributed by atoms with E-state index in [2.05, 4.69) is 0 Å². The van der Waals surface area contributed by atoms with Gasteiger partial charge in [0.05, 0.1) is 12.7 Å². The fraction of sp³-hybridized carbons (Fsp3) is 0.462. The molecular weight excluding hydrogens is 265 g/mol. The van der Waals surface area contributed by atoms with Crippen molar-refractivity contribution in [2.24, 2.45) is 5.84 Å². The van der Waals surface area contributed by atoms with Crippen LogP contribution in [0.2, 0.25) is 0 Å². The monoisotopic (exact) mass is 285 g/mol. The van der Waals surface area contributed by atoms with Crippen LogP contribution in [0, 0.1) is 5.82 Å². The summed E-state index contributed by atoms with van der Waals surface area (Å²) >= 11 is 0. The van der Waals surface area contributed by atoms with Crippen molar-refractivity contribution in [3.05, 3.63) is 35.1 Å². The Bertz CT molecular complexity index is 456. The number of hydrazine groups is 1. The third kappa shape index (κ3) is 4.86. The third-order valence-electron chi connectivity index (χ3n) is 2.76. The van der Waals surface area contributed by atoms with Crippen molar-refractivity contribution in [2.45, 2.75) is 12.6 Å². The lowest BCUT2D eigenvalue weighted by Crippen LogP contribution is -2.32. The number of amides is 1. The summed E-state index contributed by atoms with van der Waals surface area (Å²) in [7, 11) is 3.24. The molecule has 20 heavy (non-hydrogen) atoms. The number of aliphatic hydroxyl groups excluding tert-OH is 1. The van der Waals surface area contributed by atoms with Crippen LogP contribution in [0.25, 0.3) is 0 Å². The molecule has 0 aliphatic heterocycles. The molecule has 0 heterocycles. The molecule has 4 N–H and O–H groups in total. The van der Waals surface area contributed by atoms with Gasteiger partial charge in [-0.05, 0) is 25.2 Å². The van der Waals surface area contributed by atoms with E-state index < -0.39 is 17.8 Å². The third-order valence-corrected chi connectivity index (χ3v) is 2.76. The van der Waals surface area contributed by atoms with Crippen LogP contribution in [0.5, 0.6) is 0 Å². The number of benzene rings is 1. The smallest absolute Gasteiger partial charge is 0.265 e. The van der Waals surface area contributed by atoms with Crippen molar-refractivity contribution in [3.63, 3.8) is 0 Å². The van der Waals surface area contributed by atoms with Crippen LogP contribution >= 0.6 is 0 Å². The molecule has 0 aliphatic carbocycles. The van der Waals surface area contributed by atoms with Crippen LogP contribution in [0.15, 0.2) is 18.2 Å². The van der Waals surface area contributed by atoms with Gasteiger partial charge in [-0.25, -0.2) is 10.2 Å². The van der Waals surface area contributed by atoms with Gasteiger partial charge >= 0.3 is 0 Å². The maximum absolute atomic E-state index is 13.7. The molecule has 0 bridgehead atoms. The minimum atomic E-state index is -0.649. The number of hydrogen-bond donors (Lipinski definition) is 3. The van der Waals surface area contributed by atoms with Gasteiger partial charge in [-0.3, -0.25) is 15.1 Å². The predicted octanol–water partition coefficient (Wildman–Crippen LogP) is -0.132. The molecule has 7 heteroatoms. The highest BCUT2D eigenvalue weighted by atomic mass is 19.1. The summed E-state index contributed by atoms with van der Waals surface area (Å²) in [6, 6.07) is 4.02. The molecule has 1 rings (SSSR count). The fourth-order valence-electron chi connectivity index (χ4n) is 1.88. The maximum atomic E-state index is 13.7. The Kier molecular flexibility index (Phi) is 6.53. The van der Waals surface area contributed by atoms with Gasteiger partial charge in [-0.1, -0.05) is 0 Å². The second kappa shape index (κ2) is 7.91. The van der Waals surface area contributed by atoms with Crippen molar-refractivity contribution in [3.8, 4) is 0 Å². The summed E-state index contributed by atoms with van der Waals surface area (Å²) in [5.41, 5.74) is 2.64. The molecule has 0 saturated carbocycles. The molecule has 0 fully saturated rings. The largest absolute Gasteiger partial charge is 0.389 e. The molecule has 0 spiro atoms. The van der Waals surface area contributed by atoms with E-state index >= 15 is 0 Å². The number of nitrogens with zero attached hydrogens (tertiary/aromatic N) is 1. The van der Waals surface area contributed by atoms with E-state index in [0.717, 1.165) is 0 Å². The van der Waals surface area contributed by atoms with E-state index in [1.54, 1.807) is 11.9 Å². The molecule has 1 amide bonds. The van der Waals surface area contributed by atoms with Crippen molar-refractivity contribution in [2.75, 3.05) is 27.3 Å². The van der Waals surface area contributed by atoms with E-state index in [4.69, 9.17) is 10.6 Å². The number of nitrogens with two attached hydrogens (primary N) is 1. The second-order valence-electron chi connectivity index (χ2n) is 4.59. The summed E-state index contributed by atoms with van der Waals surface area (Å²) in [5.74, 6) is 4.15. The Morgan fingerprint density at radius 3 is 2.90 bits per heavy atom. The van der Waals surface area contributed by atoms with Gasteiger partial charge in [-0.2, -0.15) is 0 Å². The zero-order valence-electron chi connectivity index (χ0n) is 11.6. The lowest BCUT2D eigenvalue weighted by molar-refractivity contribution is 0.0417. The van der Waals surface area contributed by atoms with Gasteiger partial charge < -0.3 is 9.84 Å².